The number of carboxylic acid groups (broad SMARTS) is 2. The average Bonchev–Trinajstić information content (AvgIpc) is 1.58. The minimum absolute atomic E-state index is 0.0552. The number of ether oxygens (including phenoxy) is 8. The predicted octanol–water partition coefficient (Wildman–Crippen LogP) is 15.8. The van der Waals surface area contributed by atoms with E-state index >= 15 is 0 Å². The van der Waals surface area contributed by atoms with Gasteiger partial charge in [-0.2, -0.15) is 79.0 Å². The van der Waals surface area contributed by atoms with Crippen LogP contribution in [0.5, 0.6) is 0 Å². The van der Waals surface area contributed by atoms with Gasteiger partial charge in [-0.15, -0.1) is 15.3 Å². The monoisotopic (exact) mass is 1950 g/mol. The highest BCUT2D eigenvalue weighted by atomic mass is 19.4. The van der Waals surface area contributed by atoms with Gasteiger partial charge in [-0.25, -0.2) is 28.4 Å². The van der Waals surface area contributed by atoms with Crippen molar-refractivity contribution in [1.82, 2.24) is 60.1 Å². The minimum atomic E-state index is -4.96. The normalized spacial score (nSPS) is 27.1. The highest BCUT2D eigenvalue weighted by molar-refractivity contribution is 5.91. The van der Waals surface area contributed by atoms with E-state index in [0.717, 1.165) is 29.2 Å². The number of rotatable bonds is 19. The second-order valence-corrected chi connectivity index (χ2v) is 34.8. The molecule has 6 aliphatic heterocycles. The molecule has 6 aromatic rings. The smallest absolute Gasteiger partial charge is 0.416 e. The molecular weight excluding hydrogens is 1850 g/mol. The molecule has 14 atom stereocenters. The third kappa shape index (κ3) is 28.3. The zero-order chi connectivity index (χ0) is 100. The van der Waals surface area contributed by atoms with E-state index in [1.165, 1.54) is 32.6 Å². The molecule has 3 aromatic carbocycles. The van der Waals surface area contributed by atoms with Gasteiger partial charge in [0.25, 0.3) is 12.9 Å². The number of alkyl halides is 18. The van der Waals surface area contributed by atoms with Crippen molar-refractivity contribution >= 4 is 42.8 Å². The maximum Gasteiger partial charge on any atom is 0.416 e. The number of nitrogens with one attached hydrogen (secondary N) is 1. The summed E-state index contributed by atoms with van der Waals surface area (Å²) in [5.74, 6) is -4.10. The third-order valence-electron chi connectivity index (χ3n) is 23.8. The summed E-state index contributed by atoms with van der Waals surface area (Å²) in [6.07, 6.45) is -10.2. The number of nitrogens with zero attached hydrogens (tertiary/aromatic N) is 11. The Labute approximate surface area is 765 Å². The van der Waals surface area contributed by atoms with Crippen LogP contribution in [0.3, 0.4) is 0 Å². The van der Waals surface area contributed by atoms with Crippen LogP contribution in [-0.2, 0) is 128 Å². The van der Waals surface area contributed by atoms with Crippen molar-refractivity contribution in [1.29, 1.82) is 0 Å². The number of halogens is 18. The van der Waals surface area contributed by atoms with Gasteiger partial charge in [0, 0.05) is 53.1 Å². The van der Waals surface area contributed by atoms with Gasteiger partial charge in [0.1, 0.15) is 66.2 Å². The Hall–Kier alpha value is -11.7. The summed E-state index contributed by atoms with van der Waals surface area (Å²) in [6, 6.07) is 4.06. The first-order chi connectivity index (χ1) is 63.5. The molecule has 29 nitrogen and oxygen atoms in total. The molecule has 0 spiro atoms. The summed E-state index contributed by atoms with van der Waals surface area (Å²) in [6.45, 7) is 12.0. The van der Waals surface area contributed by atoms with Gasteiger partial charge in [-0.1, -0.05) is 57.2 Å². The Kier molecular flexibility index (Phi) is 33.9. The molecule has 47 heteroatoms. The van der Waals surface area contributed by atoms with Crippen molar-refractivity contribution in [2.45, 2.75) is 208 Å². The Balaban J connectivity index is 0.000000192. The van der Waals surface area contributed by atoms with Gasteiger partial charge in [-0.3, -0.25) is 19.2 Å². The van der Waals surface area contributed by atoms with Crippen LogP contribution in [-0.4, -0.2) is 217 Å². The number of carbonyl (C=O) groups is 7. The predicted molar refractivity (Wildman–Crippen MR) is 442 cm³/mol. The molecule has 742 valence electrons. The van der Waals surface area contributed by atoms with Crippen molar-refractivity contribution in [3.05, 3.63) is 178 Å². The second-order valence-electron chi connectivity index (χ2n) is 34.8. The van der Waals surface area contributed by atoms with Gasteiger partial charge in [0.15, 0.2) is 0 Å². The summed E-state index contributed by atoms with van der Waals surface area (Å²) in [5.41, 5.74) is -7.68. The highest BCUT2D eigenvalue weighted by Gasteiger charge is 2.65. The van der Waals surface area contributed by atoms with E-state index in [9.17, 15) is 113 Å². The zero-order valence-corrected chi connectivity index (χ0v) is 74.4. The lowest BCUT2D eigenvalue weighted by Crippen LogP contribution is -2.34. The number of esters is 3. The molecule has 9 aliphatic rings. The van der Waals surface area contributed by atoms with Crippen LogP contribution < -0.4 is 5.32 Å². The molecule has 0 bridgehead atoms. The molecule has 0 radical (unpaired) electrons. The van der Waals surface area contributed by atoms with Crippen LogP contribution in [0.2, 0.25) is 0 Å². The lowest BCUT2D eigenvalue weighted by Gasteiger charge is -2.24. The molecule has 6 saturated heterocycles. The van der Waals surface area contributed by atoms with Gasteiger partial charge >= 0.3 is 66.9 Å². The standard InChI is InChI=1S/2C27H30F6N4O3.C25H23F6N3O3.2C4H4O4.C2H7N/c2*1-25-8-4-5-15(6-7-19-20(13-36(2)3)24(38)39-22(19)23(25)40-25)12-37-14-21(34-35-37)16-9-17(26(28,29)30)11-18(10-16)27(31,32)33;1-13-18-6-5-14(4-3-7-23(2)21(37-23)20(18)36-22(13)35)11-34-12-19(32-33-34)15-8-16(24(26,27)28)10-17(9-15)25(29,30)31;2*5-3-8-2-1-4(6)7;1-3-2/h2*5,9-11,14,19-20,22-23H,4,6-8,12-13H2,1-3H3;4,8-10,12,18,20-21H,1,3,5-7,11H2,2H3;2*1-3H,(H,6,7);3H,1-2H3/b2*15-5+;14-4+;2*2-1+;/t2*19-,20?,22-,23-,25+;18-,20-,21-,23+;;;/m000.../s1. The van der Waals surface area contributed by atoms with E-state index < -0.39 is 111 Å². The molecule has 2 unspecified atom stereocenters. The van der Waals surface area contributed by atoms with Crippen LogP contribution in [0.15, 0.2) is 145 Å². The molecular formula is C89H98F18N12O17. The van der Waals surface area contributed by atoms with Crippen LogP contribution >= 0.6 is 0 Å². The number of benzene rings is 3. The maximum absolute atomic E-state index is 13.3. The van der Waals surface area contributed by atoms with Crippen LogP contribution in [0.4, 0.5) is 79.0 Å². The summed E-state index contributed by atoms with van der Waals surface area (Å²) < 4.78 is 286. The number of hydrogen-bond donors (Lipinski definition) is 3. The maximum atomic E-state index is 13.3. The molecule has 15 rings (SSSR count). The topological polar surface area (TPSA) is 354 Å². The Bertz CT molecular complexity index is 5120. The van der Waals surface area contributed by atoms with Crippen molar-refractivity contribution in [3.8, 4) is 33.8 Å². The number of hydrogen-bond acceptors (Lipinski definition) is 24. The quantitative estimate of drug-likeness (QED) is 0.00991. The molecule has 3 aliphatic carbocycles. The number of aromatic nitrogens is 9. The summed E-state index contributed by atoms with van der Waals surface area (Å²) in [5, 5.41) is 42.0. The lowest BCUT2D eigenvalue weighted by atomic mass is 9.80. The van der Waals surface area contributed by atoms with E-state index in [1.807, 2.05) is 78.9 Å². The van der Waals surface area contributed by atoms with Crippen molar-refractivity contribution in [3.63, 3.8) is 0 Å². The fourth-order valence-corrected chi connectivity index (χ4v) is 17.0. The first-order valence-corrected chi connectivity index (χ1v) is 42.3. The molecule has 6 fully saturated rings. The fourth-order valence-electron chi connectivity index (χ4n) is 17.0. The van der Waals surface area contributed by atoms with Gasteiger partial charge in [0.05, 0.1) is 112 Å². The first-order valence-electron chi connectivity index (χ1n) is 42.3. The van der Waals surface area contributed by atoms with E-state index in [2.05, 4.69) is 64.5 Å². The Morgan fingerprint density at radius 2 is 0.750 bits per heavy atom. The van der Waals surface area contributed by atoms with Crippen LogP contribution in [0, 0.1) is 29.6 Å². The minimum Gasteiger partial charge on any atom is -0.478 e. The summed E-state index contributed by atoms with van der Waals surface area (Å²) in [4.78, 5) is 79.3. The number of allylic oxidation sites excluding steroid dienone is 6. The molecule has 3 N–H and O–H groups in total. The van der Waals surface area contributed by atoms with Crippen LogP contribution in [0.1, 0.15) is 131 Å². The van der Waals surface area contributed by atoms with Gasteiger partial charge < -0.3 is 63.2 Å². The highest BCUT2D eigenvalue weighted by Crippen LogP contribution is 2.55. The molecule has 136 heavy (non-hydrogen) atoms. The molecule has 9 heterocycles. The zero-order valence-electron chi connectivity index (χ0n) is 74.4. The first kappa shape index (κ1) is 106. The molecule has 3 aromatic heterocycles. The van der Waals surface area contributed by atoms with E-state index in [-0.39, 0.29) is 157 Å². The average molecular weight is 1950 g/mol. The third-order valence-corrected chi connectivity index (χ3v) is 23.8. The van der Waals surface area contributed by atoms with Crippen molar-refractivity contribution < 1.29 is 161 Å². The van der Waals surface area contributed by atoms with E-state index in [1.54, 1.807) is 0 Å². The second kappa shape index (κ2) is 43.3. The van der Waals surface area contributed by atoms with Crippen molar-refractivity contribution in [2.75, 3.05) is 55.4 Å². The molecule has 0 saturated carbocycles. The Morgan fingerprint density at radius 3 is 1.01 bits per heavy atom. The molecule has 0 amide bonds. The van der Waals surface area contributed by atoms with Gasteiger partial charge in [-0.05, 0) is 195 Å². The van der Waals surface area contributed by atoms with Crippen LogP contribution in [0.25, 0.3) is 33.8 Å². The largest absolute Gasteiger partial charge is 0.478 e. The van der Waals surface area contributed by atoms with Gasteiger partial charge in [0.2, 0.25) is 0 Å². The van der Waals surface area contributed by atoms with Crippen molar-refractivity contribution in [2.24, 2.45) is 29.6 Å². The number of epoxide rings is 3. The number of carbonyl (C=O) groups excluding carboxylic acids is 5. The van der Waals surface area contributed by atoms with E-state index in [0.29, 0.717) is 144 Å². The summed E-state index contributed by atoms with van der Waals surface area (Å²) >= 11 is 0. The lowest BCUT2D eigenvalue weighted by molar-refractivity contribution is -0.146. The SMILES string of the molecule is C=C1C(=O)O[C@H]2[C@H]1CC/C(Cn1cc(-c3cc(C(F)(F)F)cc(C(F)(F)F)c3)nn1)=C\CC[C@@]1(C)O[C@@H]21.CN(C)CC1C(=O)O[C@H]2[C@H]1CC/C(Cn1cc(-c3cc(C(F)(F)F)cc(C(F)(F)F)c3)nn1)=C\CC[C@@]1(C)O[C@@H]21.CN(C)CC1C(=O)O[C@H]2[C@H]1CC/C(Cn1cc(-c3cc(C(F)(F)F)cc(C(F)(F)F)c3)nn1)=C\CC[C@@]1(C)O[C@@H]21.CNC.O=CO/C=C/C(=O)O.O=CO/C=C/C(=O)O. The number of aliphatic carboxylic acids is 2. The van der Waals surface area contributed by atoms with E-state index in [4.69, 9.17) is 38.6 Å². The number of carboxylic acids is 2. The fraction of sp³-hybridized carbons (Fsp3) is 0.517. The summed E-state index contributed by atoms with van der Waals surface area (Å²) in [7, 11) is 11.3. The number of fused-ring (bicyclic) bond motifs is 9. The Morgan fingerprint density at radius 1 is 0.471 bits per heavy atom.